The number of carbonyl (C=O) groups excluding carboxylic acids is 1. The molecule has 1 N–H and O–H groups in total. The zero-order valence-corrected chi connectivity index (χ0v) is 15.3. The maximum atomic E-state index is 12.6. The van der Waals surface area contributed by atoms with Crippen molar-refractivity contribution in [2.75, 3.05) is 39.8 Å². The van der Waals surface area contributed by atoms with Crippen LogP contribution in [0.15, 0.2) is 30.3 Å². The Labute approximate surface area is 151 Å². The topological polar surface area (TPSA) is 44.8 Å². The zero-order valence-electron chi connectivity index (χ0n) is 15.3. The molecule has 2 fully saturated rings. The van der Waals surface area contributed by atoms with Crippen LogP contribution in [0.25, 0.3) is 0 Å². The number of benzene rings is 1. The van der Waals surface area contributed by atoms with Crippen molar-refractivity contribution in [1.82, 2.24) is 15.1 Å². The van der Waals surface area contributed by atoms with Gasteiger partial charge in [-0.25, -0.2) is 0 Å². The fourth-order valence-corrected chi connectivity index (χ4v) is 3.79. The van der Waals surface area contributed by atoms with Gasteiger partial charge in [0.1, 0.15) is 0 Å². The van der Waals surface area contributed by atoms with Crippen molar-refractivity contribution in [3.8, 4) is 0 Å². The zero-order chi connectivity index (χ0) is 17.5. The van der Waals surface area contributed by atoms with E-state index in [-0.39, 0.29) is 12.0 Å². The first-order chi connectivity index (χ1) is 12.2. The van der Waals surface area contributed by atoms with Gasteiger partial charge in [-0.2, -0.15) is 0 Å². The summed E-state index contributed by atoms with van der Waals surface area (Å²) in [7, 11) is 2.01. The largest absolute Gasteiger partial charge is 0.373 e. The van der Waals surface area contributed by atoms with E-state index in [0.29, 0.717) is 19.2 Å². The summed E-state index contributed by atoms with van der Waals surface area (Å²) in [4.78, 5) is 16.9. The fourth-order valence-electron chi connectivity index (χ4n) is 3.79. The molecule has 0 aliphatic carbocycles. The second-order valence-electron chi connectivity index (χ2n) is 7.24. The minimum absolute atomic E-state index is 0.271. The van der Waals surface area contributed by atoms with E-state index < -0.39 is 0 Å². The van der Waals surface area contributed by atoms with E-state index in [2.05, 4.69) is 22.3 Å². The molecule has 2 heterocycles. The highest BCUT2D eigenvalue weighted by Crippen LogP contribution is 2.17. The molecule has 2 aliphatic rings. The van der Waals surface area contributed by atoms with Crippen LogP contribution in [0.5, 0.6) is 0 Å². The van der Waals surface area contributed by atoms with Crippen LogP contribution >= 0.6 is 0 Å². The van der Waals surface area contributed by atoms with E-state index in [4.69, 9.17) is 4.74 Å². The van der Waals surface area contributed by atoms with E-state index in [9.17, 15) is 4.79 Å². The lowest BCUT2D eigenvalue weighted by molar-refractivity contribution is -0.135. The van der Waals surface area contributed by atoms with Gasteiger partial charge in [0.15, 0.2) is 0 Å². The lowest BCUT2D eigenvalue weighted by Gasteiger charge is -2.36. The summed E-state index contributed by atoms with van der Waals surface area (Å²) in [5, 5.41) is 3.34. The lowest BCUT2D eigenvalue weighted by Crippen LogP contribution is -2.50. The molecule has 1 amide bonds. The first-order valence-corrected chi connectivity index (χ1v) is 9.57. The number of carbonyl (C=O) groups is 1. The number of hydrogen-bond donors (Lipinski definition) is 1. The van der Waals surface area contributed by atoms with Gasteiger partial charge < -0.3 is 15.0 Å². The summed E-state index contributed by atoms with van der Waals surface area (Å²) in [6.45, 7) is 4.90. The molecule has 1 aromatic rings. The molecule has 0 bridgehead atoms. The molecule has 1 atom stereocenters. The monoisotopic (exact) mass is 345 g/mol. The van der Waals surface area contributed by atoms with Crippen LogP contribution in [0, 0.1) is 0 Å². The molecule has 2 aliphatic heterocycles. The second kappa shape index (κ2) is 9.32. The van der Waals surface area contributed by atoms with Gasteiger partial charge in [-0.1, -0.05) is 30.3 Å². The number of ether oxygens (including phenoxy) is 1. The van der Waals surface area contributed by atoms with Crippen molar-refractivity contribution >= 4 is 5.91 Å². The maximum absolute atomic E-state index is 12.6. The Bertz CT molecular complexity index is 529. The van der Waals surface area contributed by atoms with Gasteiger partial charge in [-0.15, -0.1) is 0 Å². The van der Waals surface area contributed by atoms with Crippen molar-refractivity contribution in [1.29, 1.82) is 0 Å². The Morgan fingerprint density at radius 3 is 2.64 bits per heavy atom. The van der Waals surface area contributed by atoms with Gasteiger partial charge in [-0.05, 0) is 44.8 Å². The molecule has 0 aromatic heterocycles. The molecule has 5 heteroatoms. The molecule has 1 aromatic carbocycles. The third-order valence-electron chi connectivity index (χ3n) is 5.40. The Morgan fingerprint density at radius 2 is 1.92 bits per heavy atom. The molecule has 3 rings (SSSR count). The standard InChI is InChI=1S/C20H31N3O2/c1-21-18-8-5-11-22(14-18)15-20(24)23-12-9-19(10-13-23)25-16-17-6-3-2-4-7-17/h2-4,6-7,18-19,21H,5,8-16H2,1H3. The van der Waals surface area contributed by atoms with E-state index in [0.717, 1.165) is 39.0 Å². The van der Waals surface area contributed by atoms with Gasteiger partial charge in [0.05, 0.1) is 19.3 Å². The summed E-state index contributed by atoms with van der Waals surface area (Å²) in [6, 6.07) is 10.8. The average molecular weight is 345 g/mol. The molecule has 1 unspecified atom stereocenters. The predicted octanol–water partition coefficient (Wildman–Crippen LogP) is 1.88. The van der Waals surface area contributed by atoms with Gasteiger partial charge in [0, 0.05) is 25.7 Å². The molecule has 0 saturated carbocycles. The Balaban J connectivity index is 1.37. The highest BCUT2D eigenvalue weighted by Gasteiger charge is 2.26. The number of nitrogens with zero attached hydrogens (tertiary/aromatic N) is 2. The Hall–Kier alpha value is -1.43. The van der Waals surface area contributed by atoms with Crippen LogP contribution in [0.4, 0.5) is 0 Å². The predicted molar refractivity (Wildman–Crippen MR) is 99.4 cm³/mol. The van der Waals surface area contributed by atoms with E-state index in [1.807, 2.05) is 30.1 Å². The molecular formula is C20H31N3O2. The highest BCUT2D eigenvalue weighted by atomic mass is 16.5. The minimum Gasteiger partial charge on any atom is -0.373 e. The van der Waals surface area contributed by atoms with Crippen LogP contribution in [0.1, 0.15) is 31.2 Å². The van der Waals surface area contributed by atoms with Gasteiger partial charge >= 0.3 is 0 Å². The number of nitrogens with one attached hydrogen (secondary N) is 1. The number of likely N-dealkylation sites (tertiary alicyclic amines) is 2. The van der Waals surface area contributed by atoms with Gasteiger partial charge in [-0.3, -0.25) is 9.69 Å². The van der Waals surface area contributed by atoms with E-state index in [1.54, 1.807) is 0 Å². The molecule has 2 saturated heterocycles. The summed E-state index contributed by atoms with van der Waals surface area (Å²) in [5.74, 6) is 0.276. The first-order valence-electron chi connectivity index (χ1n) is 9.57. The van der Waals surface area contributed by atoms with Crippen LogP contribution in [-0.4, -0.2) is 67.6 Å². The van der Waals surface area contributed by atoms with Crippen molar-refractivity contribution in [3.05, 3.63) is 35.9 Å². The van der Waals surface area contributed by atoms with Crippen molar-refractivity contribution in [3.63, 3.8) is 0 Å². The first kappa shape index (κ1) is 18.4. The maximum Gasteiger partial charge on any atom is 0.236 e. The van der Waals surface area contributed by atoms with Crippen LogP contribution in [0.2, 0.25) is 0 Å². The summed E-state index contributed by atoms with van der Waals surface area (Å²) in [5.41, 5.74) is 1.21. The Morgan fingerprint density at radius 1 is 1.16 bits per heavy atom. The van der Waals surface area contributed by atoms with Crippen LogP contribution in [0.3, 0.4) is 0 Å². The number of hydrogen-bond acceptors (Lipinski definition) is 4. The summed E-state index contributed by atoms with van der Waals surface area (Å²) in [6.07, 6.45) is 4.54. The molecule has 25 heavy (non-hydrogen) atoms. The number of piperidine rings is 2. The molecule has 5 nitrogen and oxygen atoms in total. The van der Waals surface area contributed by atoms with E-state index >= 15 is 0 Å². The van der Waals surface area contributed by atoms with Crippen molar-refractivity contribution in [2.24, 2.45) is 0 Å². The smallest absolute Gasteiger partial charge is 0.236 e. The van der Waals surface area contributed by atoms with Crippen LogP contribution < -0.4 is 5.32 Å². The minimum atomic E-state index is 0.271. The highest BCUT2D eigenvalue weighted by molar-refractivity contribution is 5.78. The van der Waals surface area contributed by atoms with Gasteiger partial charge in [0.25, 0.3) is 0 Å². The molecule has 0 radical (unpaired) electrons. The SMILES string of the molecule is CNC1CCCN(CC(=O)N2CCC(OCc3ccccc3)CC2)C1. The Kier molecular flexibility index (Phi) is 6.84. The third-order valence-corrected chi connectivity index (χ3v) is 5.40. The quantitative estimate of drug-likeness (QED) is 0.855. The van der Waals surface area contributed by atoms with Crippen molar-refractivity contribution in [2.45, 2.75) is 44.4 Å². The van der Waals surface area contributed by atoms with Crippen molar-refractivity contribution < 1.29 is 9.53 Å². The fraction of sp³-hybridized carbons (Fsp3) is 0.650. The number of rotatable bonds is 6. The average Bonchev–Trinajstić information content (AvgIpc) is 2.67. The van der Waals surface area contributed by atoms with Gasteiger partial charge in [0.2, 0.25) is 5.91 Å². The number of likely N-dealkylation sites (N-methyl/N-ethyl adjacent to an activating group) is 1. The molecule has 0 spiro atoms. The second-order valence-corrected chi connectivity index (χ2v) is 7.24. The normalized spacial score (nSPS) is 22.9. The summed E-state index contributed by atoms with van der Waals surface area (Å²) >= 11 is 0. The molecule has 138 valence electrons. The van der Waals surface area contributed by atoms with E-state index in [1.165, 1.54) is 18.4 Å². The number of amides is 1. The molecular weight excluding hydrogens is 314 g/mol. The third kappa shape index (κ3) is 5.53. The van der Waals surface area contributed by atoms with Crippen LogP contribution in [-0.2, 0) is 16.1 Å². The lowest BCUT2D eigenvalue weighted by atomic mass is 10.1. The summed E-state index contributed by atoms with van der Waals surface area (Å²) < 4.78 is 6.02.